The Hall–Kier alpha value is -2.86. The van der Waals surface area contributed by atoms with Gasteiger partial charge in [0.25, 0.3) is 0 Å². The Labute approximate surface area is 346 Å². The van der Waals surface area contributed by atoms with Crippen LogP contribution in [-0.2, 0) is 30.2 Å². The molecule has 1 fully saturated rings. The second kappa shape index (κ2) is 29.4. The number of aryl methyl sites for hydroxylation is 2. The Morgan fingerprint density at radius 2 is 1.23 bits per heavy atom. The second-order valence-electron chi connectivity index (χ2n) is 16.9. The monoisotopic (exact) mass is 796 g/mol. The molecule has 1 aromatic rings. The smallest absolute Gasteiger partial charge is 0.309 e. The first-order valence-electron chi connectivity index (χ1n) is 23.4. The van der Waals surface area contributed by atoms with E-state index in [0.29, 0.717) is 49.2 Å². The van der Waals surface area contributed by atoms with Gasteiger partial charge in [-0.15, -0.1) is 6.42 Å². The van der Waals surface area contributed by atoms with Gasteiger partial charge in [0.15, 0.2) is 5.60 Å². The number of aromatic nitrogens is 2. The Bertz CT molecular complexity index is 1350. The van der Waals surface area contributed by atoms with Crippen molar-refractivity contribution in [3.05, 3.63) is 17.5 Å². The van der Waals surface area contributed by atoms with Gasteiger partial charge in [-0.05, 0) is 32.6 Å². The number of halogens is 1. The van der Waals surface area contributed by atoms with Crippen LogP contribution in [0, 0.1) is 31.3 Å². The summed E-state index contributed by atoms with van der Waals surface area (Å²) < 4.78 is 32.4. The van der Waals surface area contributed by atoms with Crippen molar-refractivity contribution in [1.82, 2.24) is 9.97 Å². The van der Waals surface area contributed by atoms with Gasteiger partial charge < -0.3 is 14.2 Å². The Kier molecular flexibility index (Phi) is 25.0. The summed E-state index contributed by atoms with van der Waals surface area (Å²) in [6.07, 6.45) is 40.0. The van der Waals surface area contributed by atoms with Gasteiger partial charge in [0.1, 0.15) is 18.4 Å². The molecule has 0 bridgehead atoms. The summed E-state index contributed by atoms with van der Waals surface area (Å²) in [4.78, 5) is 38.6. The normalized spacial score (nSPS) is 20.2. The number of nitrogens with zero attached hydrogens (tertiary/aromatic N) is 3. The molecule has 322 valence electrons. The molecule has 0 aromatic carbocycles. The molecule has 4 atom stereocenters. The SMILES string of the molecule is C#C[C@]1(COC(=O)CCCCCCCCCCCCCCC)OC(C2C=Nc3c(C)nc(F)nc3CC2)CC1OC(=O)CCCCCCCCCCCCCCC. The van der Waals surface area contributed by atoms with Crippen molar-refractivity contribution in [3.8, 4) is 12.3 Å². The minimum atomic E-state index is -1.41. The van der Waals surface area contributed by atoms with Crippen LogP contribution in [0.5, 0.6) is 0 Å². The van der Waals surface area contributed by atoms with E-state index >= 15 is 0 Å². The minimum Gasteiger partial charge on any atom is -0.461 e. The topological polar surface area (TPSA) is 100.0 Å². The van der Waals surface area contributed by atoms with E-state index in [0.717, 1.165) is 38.5 Å². The lowest BCUT2D eigenvalue weighted by Gasteiger charge is -2.29. The average molecular weight is 796 g/mol. The lowest BCUT2D eigenvalue weighted by atomic mass is 9.92. The summed E-state index contributed by atoms with van der Waals surface area (Å²) in [6, 6.07) is 0. The maximum Gasteiger partial charge on any atom is 0.309 e. The van der Waals surface area contributed by atoms with E-state index in [1.165, 1.54) is 128 Å². The van der Waals surface area contributed by atoms with Gasteiger partial charge in [0.2, 0.25) is 0 Å². The molecule has 3 rings (SSSR count). The number of aliphatic imine (C=N–C) groups is 1. The number of esters is 2. The number of carbonyl (C=O) groups is 2. The molecule has 3 unspecified atom stereocenters. The highest BCUT2D eigenvalue weighted by molar-refractivity contribution is 5.71. The molecule has 0 amide bonds. The maximum atomic E-state index is 14.0. The van der Waals surface area contributed by atoms with Crippen molar-refractivity contribution in [3.63, 3.8) is 0 Å². The van der Waals surface area contributed by atoms with E-state index < -0.39 is 23.9 Å². The lowest BCUT2D eigenvalue weighted by molar-refractivity contribution is -0.165. The third kappa shape index (κ3) is 19.2. The zero-order valence-corrected chi connectivity index (χ0v) is 36.3. The number of carbonyl (C=O) groups excluding carboxylic acids is 2. The summed E-state index contributed by atoms with van der Waals surface area (Å²) in [7, 11) is 0. The van der Waals surface area contributed by atoms with Gasteiger partial charge >= 0.3 is 18.0 Å². The molecule has 2 aliphatic rings. The van der Waals surface area contributed by atoms with E-state index in [9.17, 15) is 14.0 Å². The molecule has 3 heterocycles. The fourth-order valence-electron chi connectivity index (χ4n) is 8.31. The molecule has 0 aliphatic carbocycles. The third-order valence-corrected chi connectivity index (χ3v) is 12.0. The third-order valence-electron chi connectivity index (χ3n) is 12.0. The predicted octanol–water partition coefficient (Wildman–Crippen LogP) is 12.8. The summed E-state index contributed by atoms with van der Waals surface area (Å²) in [5, 5.41) is 0. The largest absolute Gasteiger partial charge is 0.461 e. The minimum absolute atomic E-state index is 0.187. The quantitative estimate of drug-likeness (QED) is 0.0310. The molecule has 0 N–H and O–H groups in total. The van der Waals surface area contributed by atoms with Crippen molar-refractivity contribution in [1.29, 1.82) is 0 Å². The van der Waals surface area contributed by atoms with Gasteiger partial charge in [0.05, 0.1) is 17.5 Å². The lowest BCUT2D eigenvalue weighted by Crippen LogP contribution is -2.45. The first-order valence-corrected chi connectivity index (χ1v) is 23.4. The summed E-state index contributed by atoms with van der Waals surface area (Å²) in [5.41, 5.74) is 0.206. The van der Waals surface area contributed by atoms with Gasteiger partial charge in [-0.3, -0.25) is 14.6 Å². The van der Waals surface area contributed by atoms with Crippen LogP contribution in [0.25, 0.3) is 0 Å². The number of unbranched alkanes of at least 4 members (excludes halogenated alkanes) is 24. The summed E-state index contributed by atoms with van der Waals surface area (Å²) in [6.45, 7) is 6.04. The number of fused-ring (bicyclic) bond motifs is 1. The summed E-state index contributed by atoms with van der Waals surface area (Å²) in [5.74, 6) is 1.92. The second-order valence-corrected chi connectivity index (χ2v) is 16.9. The van der Waals surface area contributed by atoms with E-state index in [1.54, 1.807) is 13.1 Å². The van der Waals surface area contributed by atoms with Crippen LogP contribution in [0.4, 0.5) is 10.1 Å². The zero-order valence-electron chi connectivity index (χ0n) is 36.3. The zero-order chi connectivity index (χ0) is 41.0. The predicted molar refractivity (Wildman–Crippen MR) is 229 cm³/mol. The van der Waals surface area contributed by atoms with Crippen LogP contribution in [0.15, 0.2) is 4.99 Å². The highest BCUT2D eigenvalue weighted by Gasteiger charge is 2.53. The Morgan fingerprint density at radius 3 is 1.72 bits per heavy atom. The van der Waals surface area contributed by atoms with Crippen LogP contribution >= 0.6 is 0 Å². The number of hydrogen-bond acceptors (Lipinski definition) is 8. The Balaban J connectivity index is 1.44. The van der Waals surface area contributed by atoms with Crippen molar-refractivity contribution < 1.29 is 28.2 Å². The molecule has 0 spiro atoms. The Morgan fingerprint density at radius 1 is 0.754 bits per heavy atom. The average Bonchev–Trinajstić information content (AvgIpc) is 3.40. The number of hydrogen-bond donors (Lipinski definition) is 0. The summed E-state index contributed by atoms with van der Waals surface area (Å²) >= 11 is 0. The van der Waals surface area contributed by atoms with Gasteiger partial charge in [-0.1, -0.05) is 174 Å². The number of terminal acetylenes is 1. The van der Waals surface area contributed by atoms with Crippen LogP contribution in [0.2, 0.25) is 0 Å². The van der Waals surface area contributed by atoms with Crippen molar-refractivity contribution in [2.24, 2.45) is 10.9 Å². The van der Waals surface area contributed by atoms with Crippen LogP contribution < -0.4 is 0 Å². The molecule has 57 heavy (non-hydrogen) atoms. The van der Waals surface area contributed by atoms with E-state index in [-0.39, 0.29) is 24.5 Å². The molecular formula is C48H78FN3O5. The van der Waals surface area contributed by atoms with Gasteiger partial charge in [-0.2, -0.15) is 4.39 Å². The first-order chi connectivity index (χ1) is 27.8. The molecule has 0 radical (unpaired) electrons. The van der Waals surface area contributed by atoms with E-state index in [1.807, 2.05) is 0 Å². The van der Waals surface area contributed by atoms with Gasteiger partial charge in [0, 0.05) is 31.4 Å². The number of ether oxygens (including phenoxy) is 3. The van der Waals surface area contributed by atoms with Gasteiger partial charge in [-0.25, -0.2) is 9.97 Å². The van der Waals surface area contributed by atoms with Crippen LogP contribution in [0.3, 0.4) is 0 Å². The number of rotatable bonds is 32. The van der Waals surface area contributed by atoms with E-state index in [2.05, 4.69) is 34.7 Å². The molecular weight excluding hydrogens is 718 g/mol. The molecule has 9 heteroatoms. The standard InChI is InChI=1S/C48H78FN3O5/c1-5-8-10-12-14-16-18-20-22-24-26-28-30-32-44(53)55-38-48(7-3)43(56-45(54)33-31-29-27-25-23-21-19-17-15-13-11-9-6-2)36-42(57-48)40-34-35-41-46(50-37-40)39(4)51-47(49)52-41/h3,37,40,42-43H,5-6,8-36,38H2,1-2,4H3/t40?,42?,43?,48-/m1/s1. The van der Waals surface area contributed by atoms with Crippen molar-refractivity contribution >= 4 is 23.8 Å². The molecule has 1 aromatic heterocycles. The molecule has 8 nitrogen and oxygen atoms in total. The van der Waals surface area contributed by atoms with Crippen LogP contribution in [0.1, 0.15) is 218 Å². The maximum absolute atomic E-state index is 14.0. The first kappa shape index (κ1) is 48.5. The fourth-order valence-corrected chi connectivity index (χ4v) is 8.31. The molecule has 1 saturated heterocycles. The van der Waals surface area contributed by atoms with E-state index in [4.69, 9.17) is 20.6 Å². The molecule has 2 aliphatic heterocycles. The highest BCUT2D eigenvalue weighted by atomic mass is 19.1. The highest BCUT2D eigenvalue weighted by Crippen LogP contribution is 2.39. The van der Waals surface area contributed by atoms with Crippen LogP contribution in [-0.4, -0.2) is 52.5 Å². The fraction of sp³-hybridized carbons (Fsp3) is 0.812. The van der Waals surface area contributed by atoms with Crippen molar-refractivity contribution in [2.75, 3.05) is 6.61 Å². The van der Waals surface area contributed by atoms with Crippen molar-refractivity contribution in [2.45, 2.75) is 238 Å². The molecule has 0 saturated carbocycles.